The van der Waals surface area contributed by atoms with E-state index in [2.05, 4.69) is 4.72 Å². The van der Waals surface area contributed by atoms with Gasteiger partial charge in [0.05, 0.1) is 4.90 Å². The third-order valence-corrected chi connectivity index (χ3v) is 4.04. The molecule has 1 rings (SSSR count). The number of ether oxygens (including phenoxy) is 1. The smallest absolute Gasteiger partial charge is 0.325 e. The third-order valence-electron chi connectivity index (χ3n) is 2.27. The van der Waals surface area contributed by atoms with Crippen LogP contribution in [0.4, 0.5) is 0 Å². The summed E-state index contributed by atoms with van der Waals surface area (Å²) in [5.74, 6) is -0.829. The second kappa shape index (κ2) is 6.70. The number of nitriles is 1. The fourth-order valence-electron chi connectivity index (χ4n) is 1.29. The molecule has 0 saturated carbocycles. The van der Waals surface area contributed by atoms with Gasteiger partial charge in [-0.25, -0.2) is 8.42 Å². The first-order valence-electron chi connectivity index (χ1n) is 5.64. The molecule has 2 atom stereocenters. The van der Waals surface area contributed by atoms with Gasteiger partial charge in [-0.3, -0.25) is 4.79 Å². The Hall–Kier alpha value is -1.62. The van der Waals surface area contributed by atoms with Gasteiger partial charge in [0.25, 0.3) is 0 Å². The van der Waals surface area contributed by atoms with Crippen LogP contribution in [0.5, 0.6) is 0 Å². The number of rotatable bonds is 5. The van der Waals surface area contributed by atoms with Crippen molar-refractivity contribution in [2.24, 2.45) is 0 Å². The molecule has 1 aromatic carbocycles. The van der Waals surface area contributed by atoms with Gasteiger partial charge in [-0.2, -0.15) is 9.98 Å². The average Bonchev–Trinajstić information content (AvgIpc) is 2.37. The monoisotopic (exact) mass is 316 g/mol. The van der Waals surface area contributed by atoms with Gasteiger partial charge >= 0.3 is 5.97 Å². The fraction of sp³-hybridized carbons (Fsp3) is 0.333. The number of nitrogens with one attached hydrogen (secondary N) is 1. The van der Waals surface area contributed by atoms with Gasteiger partial charge in [0.15, 0.2) is 6.10 Å². The Labute approximate surface area is 122 Å². The molecular weight excluding hydrogens is 304 g/mol. The van der Waals surface area contributed by atoms with E-state index in [1.807, 2.05) is 0 Å². The molecular formula is C12H13ClN2O4S. The Balaban J connectivity index is 2.82. The summed E-state index contributed by atoms with van der Waals surface area (Å²) in [4.78, 5) is 11.5. The number of nitrogens with zero attached hydrogens (tertiary/aromatic N) is 1. The lowest BCUT2D eigenvalue weighted by Gasteiger charge is -2.14. The predicted molar refractivity (Wildman–Crippen MR) is 72.4 cm³/mol. The summed E-state index contributed by atoms with van der Waals surface area (Å²) < 4.78 is 30.9. The molecule has 0 saturated heterocycles. The molecule has 0 aliphatic carbocycles. The van der Waals surface area contributed by atoms with E-state index in [4.69, 9.17) is 21.6 Å². The first-order chi connectivity index (χ1) is 9.26. The third kappa shape index (κ3) is 4.49. The van der Waals surface area contributed by atoms with Crippen molar-refractivity contribution in [2.45, 2.75) is 30.9 Å². The molecule has 0 radical (unpaired) electrons. The van der Waals surface area contributed by atoms with E-state index in [9.17, 15) is 13.2 Å². The molecule has 8 heteroatoms. The van der Waals surface area contributed by atoms with E-state index in [-0.39, 0.29) is 9.92 Å². The summed E-state index contributed by atoms with van der Waals surface area (Å²) in [7, 11) is -3.89. The number of carbonyl (C=O) groups is 1. The summed E-state index contributed by atoms with van der Waals surface area (Å²) in [5, 5.41) is 8.79. The summed E-state index contributed by atoms with van der Waals surface area (Å²) in [6.45, 7) is 2.71. The van der Waals surface area contributed by atoms with Crippen molar-refractivity contribution in [3.8, 4) is 6.07 Å². The second-order valence-corrected chi connectivity index (χ2v) is 6.16. The molecule has 1 N–H and O–H groups in total. The lowest BCUT2D eigenvalue weighted by atomic mass is 10.3. The molecule has 0 aromatic heterocycles. The molecule has 0 aliphatic heterocycles. The Morgan fingerprint density at radius 3 is 2.65 bits per heavy atom. The van der Waals surface area contributed by atoms with Crippen molar-refractivity contribution in [3.05, 3.63) is 29.3 Å². The van der Waals surface area contributed by atoms with Crippen molar-refractivity contribution >= 4 is 27.6 Å². The molecule has 0 heterocycles. The highest BCUT2D eigenvalue weighted by molar-refractivity contribution is 7.89. The van der Waals surface area contributed by atoms with Crippen molar-refractivity contribution in [1.29, 1.82) is 5.26 Å². The van der Waals surface area contributed by atoms with E-state index in [1.54, 1.807) is 6.07 Å². The zero-order valence-corrected chi connectivity index (χ0v) is 12.4. The van der Waals surface area contributed by atoms with Crippen LogP contribution in [0, 0.1) is 11.3 Å². The molecule has 6 nitrogen and oxygen atoms in total. The summed E-state index contributed by atoms with van der Waals surface area (Å²) in [5.41, 5.74) is 0. The van der Waals surface area contributed by atoms with Crippen LogP contribution in [-0.4, -0.2) is 26.5 Å². The Kier molecular flexibility index (Phi) is 5.51. The molecule has 20 heavy (non-hydrogen) atoms. The number of sulfonamides is 1. The highest BCUT2D eigenvalue weighted by atomic mass is 35.5. The number of benzene rings is 1. The van der Waals surface area contributed by atoms with E-state index >= 15 is 0 Å². The zero-order valence-electron chi connectivity index (χ0n) is 10.8. The van der Waals surface area contributed by atoms with Crippen LogP contribution in [0.1, 0.15) is 13.8 Å². The largest absolute Gasteiger partial charge is 0.446 e. The minimum absolute atomic E-state index is 0.0574. The number of hydrogen-bond donors (Lipinski definition) is 1. The quantitative estimate of drug-likeness (QED) is 0.830. The number of halogens is 1. The van der Waals surface area contributed by atoms with Crippen LogP contribution >= 0.6 is 11.6 Å². The van der Waals surface area contributed by atoms with Crippen molar-refractivity contribution < 1.29 is 17.9 Å². The highest BCUT2D eigenvalue weighted by Crippen LogP contribution is 2.15. The zero-order chi connectivity index (χ0) is 15.3. The molecule has 108 valence electrons. The minimum Gasteiger partial charge on any atom is -0.446 e. The lowest BCUT2D eigenvalue weighted by molar-refractivity contribution is -0.147. The SMILES string of the molecule is C[C@H](C#N)OC(=O)[C@H](C)NS(=O)(=O)c1cccc(Cl)c1. The predicted octanol–water partition coefficient (Wildman–Crippen LogP) is 1.46. The van der Waals surface area contributed by atoms with Gasteiger partial charge in [-0.1, -0.05) is 17.7 Å². The van der Waals surface area contributed by atoms with E-state index in [1.165, 1.54) is 38.1 Å². The molecule has 0 spiro atoms. The van der Waals surface area contributed by atoms with E-state index in [0.717, 1.165) is 0 Å². The maximum absolute atomic E-state index is 12.0. The van der Waals surface area contributed by atoms with Crippen molar-refractivity contribution in [3.63, 3.8) is 0 Å². The Morgan fingerprint density at radius 1 is 1.45 bits per heavy atom. The number of carbonyl (C=O) groups excluding carboxylic acids is 1. The van der Waals surface area contributed by atoms with Gasteiger partial charge in [-0.05, 0) is 32.0 Å². The highest BCUT2D eigenvalue weighted by Gasteiger charge is 2.24. The average molecular weight is 317 g/mol. The molecule has 0 unspecified atom stereocenters. The van der Waals surface area contributed by atoms with E-state index in [0.29, 0.717) is 0 Å². The van der Waals surface area contributed by atoms with Crippen LogP contribution in [0.15, 0.2) is 29.2 Å². The minimum atomic E-state index is -3.89. The Morgan fingerprint density at radius 2 is 2.10 bits per heavy atom. The standard InChI is InChI=1S/C12H13ClN2O4S/c1-8(7-14)19-12(16)9(2)15-20(17,18)11-5-3-4-10(13)6-11/h3-6,8-9,15H,1-2H3/t8-,9+/m1/s1. The second-order valence-electron chi connectivity index (χ2n) is 4.01. The maximum atomic E-state index is 12.0. The summed E-state index contributed by atoms with van der Waals surface area (Å²) in [6, 6.07) is 6.23. The molecule has 1 aromatic rings. The number of hydrogen-bond acceptors (Lipinski definition) is 5. The van der Waals surface area contributed by atoms with Gasteiger partial charge in [-0.15, -0.1) is 0 Å². The summed E-state index contributed by atoms with van der Waals surface area (Å²) >= 11 is 5.72. The maximum Gasteiger partial charge on any atom is 0.325 e. The Bertz CT molecular complexity index is 639. The summed E-state index contributed by atoms with van der Waals surface area (Å²) in [6.07, 6.45) is -0.944. The van der Waals surface area contributed by atoms with Crippen molar-refractivity contribution in [2.75, 3.05) is 0 Å². The van der Waals surface area contributed by atoms with Gasteiger partial charge < -0.3 is 4.74 Å². The molecule has 0 aliphatic rings. The van der Waals surface area contributed by atoms with E-state index < -0.39 is 28.1 Å². The first kappa shape index (κ1) is 16.4. The number of esters is 1. The fourth-order valence-corrected chi connectivity index (χ4v) is 2.78. The van der Waals surface area contributed by atoms with Crippen LogP contribution in [-0.2, 0) is 19.6 Å². The van der Waals surface area contributed by atoms with Crippen LogP contribution in [0.3, 0.4) is 0 Å². The molecule has 0 fully saturated rings. The van der Waals surface area contributed by atoms with Crippen LogP contribution in [0.25, 0.3) is 0 Å². The normalized spacial score (nSPS) is 14.1. The lowest BCUT2D eigenvalue weighted by Crippen LogP contribution is -2.40. The van der Waals surface area contributed by atoms with Gasteiger partial charge in [0.2, 0.25) is 10.0 Å². The topological polar surface area (TPSA) is 96.3 Å². The molecule has 0 amide bonds. The molecule has 0 bridgehead atoms. The van der Waals surface area contributed by atoms with Crippen LogP contribution in [0.2, 0.25) is 5.02 Å². The van der Waals surface area contributed by atoms with Crippen LogP contribution < -0.4 is 4.72 Å². The van der Waals surface area contributed by atoms with Gasteiger partial charge in [0.1, 0.15) is 12.1 Å². The first-order valence-corrected chi connectivity index (χ1v) is 7.50. The van der Waals surface area contributed by atoms with Crippen molar-refractivity contribution in [1.82, 2.24) is 4.72 Å². The van der Waals surface area contributed by atoms with Gasteiger partial charge in [0, 0.05) is 5.02 Å².